The second kappa shape index (κ2) is 6.58. The molecule has 1 aromatic rings. The molecule has 0 radical (unpaired) electrons. The molecule has 5 rings (SSSR count). The van der Waals surface area contributed by atoms with Gasteiger partial charge in [-0.25, -0.2) is 0 Å². The van der Waals surface area contributed by atoms with Crippen molar-refractivity contribution >= 4 is 17.7 Å². The molecule has 0 bridgehead atoms. The van der Waals surface area contributed by atoms with Crippen LogP contribution in [-0.4, -0.2) is 56.6 Å². The summed E-state index contributed by atoms with van der Waals surface area (Å²) in [6.45, 7) is 1.42. The van der Waals surface area contributed by atoms with Crippen LogP contribution < -0.4 is 0 Å². The molecule has 1 aromatic heterocycles. The fourth-order valence-electron chi connectivity index (χ4n) is 4.30. The highest BCUT2D eigenvalue weighted by Gasteiger charge is 2.38. The molecular formula is C18H26N4O2S. The summed E-state index contributed by atoms with van der Waals surface area (Å²) < 4.78 is 8.23. The van der Waals surface area contributed by atoms with Crippen molar-refractivity contribution in [3.63, 3.8) is 0 Å². The van der Waals surface area contributed by atoms with E-state index in [1.807, 2.05) is 0 Å². The molecule has 1 amide bonds. The Balaban J connectivity index is 1.26. The van der Waals surface area contributed by atoms with E-state index < -0.39 is 0 Å². The highest BCUT2D eigenvalue weighted by molar-refractivity contribution is 7.99. The minimum Gasteiger partial charge on any atom is -0.374 e. The Bertz CT molecular complexity index is 654. The largest absolute Gasteiger partial charge is 0.374 e. The van der Waals surface area contributed by atoms with E-state index in [0.717, 1.165) is 30.4 Å². The molecule has 0 spiro atoms. The van der Waals surface area contributed by atoms with Gasteiger partial charge in [-0.05, 0) is 38.5 Å². The van der Waals surface area contributed by atoms with Crippen molar-refractivity contribution in [1.82, 2.24) is 19.7 Å². The fraction of sp³-hybridized carbons (Fsp3) is 0.833. The monoisotopic (exact) mass is 362 g/mol. The normalized spacial score (nSPS) is 29.5. The number of ether oxygens (including phenoxy) is 1. The summed E-state index contributed by atoms with van der Waals surface area (Å²) in [5.74, 6) is 2.48. The number of thioether (sulfide) groups is 1. The summed E-state index contributed by atoms with van der Waals surface area (Å²) >= 11 is 1.58. The molecular weight excluding hydrogens is 336 g/mol. The Morgan fingerprint density at radius 1 is 1.12 bits per heavy atom. The van der Waals surface area contributed by atoms with Crippen LogP contribution in [0.1, 0.15) is 69.2 Å². The highest BCUT2D eigenvalue weighted by atomic mass is 32.2. The third-order valence-corrected chi connectivity index (χ3v) is 6.85. The number of rotatable bonds is 5. The molecule has 6 nitrogen and oxygen atoms in total. The van der Waals surface area contributed by atoms with Gasteiger partial charge >= 0.3 is 0 Å². The van der Waals surface area contributed by atoms with Gasteiger partial charge in [-0.2, -0.15) is 0 Å². The second-order valence-corrected chi connectivity index (χ2v) is 8.80. The van der Waals surface area contributed by atoms with E-state index >= 15 is 0 Å². The van der Waals surface area contributed by atoms with Crippen LogP contribution in [0.3, 0.4) is 0 Å². The van der Waals surface area contributed by atoms with Gasteiger partial charge in [0.1, 0.15) is 5.82 Å². The van der Waals surface area contributed by atoms with Gasteiger partial charge in [-0.15, -0.1) is 10.2 Å². The van der Waals surface area contributed by atoms with E-state index in [4.69, 9.17) is 4.74 Å². The maximum Gasteiger partial charge on any atom is 0.233 e. The zero-order valence-electron chi connectivity index (χ0n) is 14.6. The Morgan fingerprint density at radius 3 is 2.76 bits per heavy atom. The number of nitrogens with zero attached hydrogens (tertiary/aromatic N) is 4. The van der Waals surface area contributed by atoms with Crippen LogP contribution in [0.15, 0.2) is 5.16 Å². The van der Waals surface area contributed by atoms with Crippen molar-refractivity contribution in [1.29, 1.82) is 0 Å². The SMILES string of the molecule is O=C(CSc1nnc(C2CC2)n1C1CC1)N1CCOC2CCCCC21. The number of hydrogen-bond donors (Lipinski definition) is 0. The Kier molecular flexibility index (Phi) is 4.24. The molecule has 4 fully saturated rings. The van der Waals surface area contributed by atoms with Crippen molar-refractivity contribution in [2.45, 2.75) is 80.6 Å². The number of hydrogen-bond acceptors (Lipinski definition) is 5. The standard InChI is InChI=1S/C18H26N4O2S/c23-16(21-9-10-24-15-4-2-1-3-14(15)21)11-25-18-20-19-17(12-5-6-12)22(18)13-7-8-13/h12-15H,1-11H2. The molecule has 2 heterocycles. The Morgan fingerprint density at radius 2 is 1.96 bits per heavy atom. The van der Waals surface area contributed by atoms with Gasteiger partial charge in [-0.3, -0.25) is 4.79 Å². The highest BCUT2D eigenvalue weighted by Crippen LogP contribution is 2.46. The van der Waals surface area contributed by atoms with Crippen molar-refractivity contribution in [2.24, 2.45) is 0 Å². The summed E-state index contributed by atoms with van der Waals surface area (Å²) in [5.41, 5.74) is 0. The van der Waals surface area contributed by atoms with Crippen LogP contribution in [-0.2, 0) is 9.53 Å². The van der Waals surface area contributed by atoms with Crippen molar-refractivity contribution in [3.05, 3.63) is 5.82 Å². The van der Waals surface area contributed by atoms with Crippen molar-refractivity contribution in [3.8, 4) is 0 Å². The molecule has 0 N–H and O–H groups in total. The average Bonchev–Trinajstić information content (AvgIpc) is 3.58. The first kappa shape index (κ1) is 16.1. The smallest absolute Gasteiger partial charge is 0.233 e. The first-order valence-electron chi connectivity index (χ1n) is 9.80. The quantitative estimate of drug-likeness (QED) is 0.754. The molecule has 2 unspecified atom stereocenters. The zero-order valence-corrected chi connectivity index (χ0v) is 15.4. The number of amides is 1. The molecule has 1 aliphatic heterocycles. The van der Waals surface area contributed by atoms with Crippen molar-refractivity contribution < 1.29 is 9.53 Å². The third kappa shape index (κ3) is 3.21. The molecule has 136 valence electrons. The predicted molar refractivity (Wildman–Crippen MR) is 94.7 cm³/mol. The van der Waals surface area contributed by atoms with Gasteiger partial charge in [-0.1, -0.05) is 24.6 Å². The Labute approximate surface area is 152 Å². The second-order valence-electron chi connectivity index (χ2n) is 7.85. The number of morpholine rings is 1. The molecule has 25 heavy (non-hydrogen) atoms. The van der Waals surface area contributed by atoms with Gasteiger partial charge in [0.05, 0.1) is 24.5 Å². The molecule has 3 saturated carbocycles. The summed E-state index contributed by atoms with van der Waals surface area (Å²) in [5, 5.41) is 9.81. The van der Waals surface area contributed by atoms with E-state index in [1.54, 1.807) is 11.8 Å². The minimum absolute atomic E-state index is 0.239. The topological polar surface area (TPSA) is 60.2 Å². The fourth-order valence-corrected chi connectivity index (χ4v) is 5.20. The first-order chi connectivity index (χ1) is 12.3. The molecule has 0 aromatic carbocycles. The predicted octanol–water partition coefficient (Wildman–Crippen LogP) is 2.75. The third-order valence-electron chi connectivity index (χ3n) is 5.92. The molecule has 3 aliphatic carbocycles. The van der Waals surface area contributed by atoms with Gasteiger partial charge < -0.3 is 14.2 Å². The van der Waals surface area contributed by atoms with Crippen LogP contribution >= 0.6 is 11.8 Å². The number of aromatic nitrogens is 3. The summed E-state index contributed by atoms with van der Waals surface area (Å²) in [6.07, 6.45) is 9.82. The maximum atomic E-state index is 12.9. The summed E-state index contributed by atoms with van der Waals surface area (Å²) in [7, 11) is 0. The van der Waals surface area contributed by atoms with Crippen LogP contribution in [0.5, 0.6) is 0 Å². The molecule has 7 heteroatoms. The summed E-state index contributed by atoms with van der Waals surface area (Å²) in [6, 6.07) is 0.869. The molecule has 1 saturated heterocycles. The molecule has 4 aliphatic rings. The van der Waals surface area contributed by atoms with E-state index in [0.29, 0.717) is 30.4 Å². The lowest BCUT2D eigenvalue weighted by atomic mass is 9.90. The first-order valence-corrected chi connectivity index (χ1v) is 10.8. The van der Waals surface area contributed by atoms with Crippen molar-refractivity contribution in [2.75, 3.05) is 18.9 Å². The van der Waals surface area contributed by atoms with Gasteiger partial charge in [0.15, 0.2) is 5.16 Å². The van der Waals surface area contributed by atoms with Crippen LogP contribution in [0.2, 0.25) is 0 Å². The van der Waals surface area contributed by atoms with Crippen LogP contribution in [0.4, 0.5) is 0 Å². The van der Waals surface area contributed by atoms with Crippen LogP contribution in [0.25, 0.3) is 0 Å². The Hall–Kier alpha value is -1.08. The number of carbonyl (C=O) groups is 1. The number of fused-ring (bicyclic) bond motifs is 1. The minimum atomic E-state index is 0.239. The van der Waals surface area contributed by atoms with Gasteiger partial charge in [0.2, 0.25) is 5.91 Å². The average molecular weight is 362 g/mol. The lowest BCUT2D eigenvalue weighted by molar-refractivity contribution is -0.146. The lowest BCUT2D eigenvalue weighted by Crippen LogP contribution is -2.55. The maximum absolute atomic E-state index is 12.9. The van der Waals surface area contributed by atoms with Crippen LogP contribution in [0, 0.1) is 0 Å². The van der Waals surface area contributed by atoms with Gasteiger partial charge in [0.25, 0.3) is 0 Å². The summed E-state index contributed by atoms with van der Waals surface area (Å²) in [4.78, 5) is 15.0. The zero-order chi connectivity index (χ0) is 16.8. The lowest BCUT2D eigenvalue weighted by Gasteiger charge is -2.43. The van der Waals surface area contributed by atoms with E-state index in [-0.39, 0.29) is 12.0 Å². The molecule has 2 atom stereocenters. The van der Waals surface area contributed by atoms with E-state index in [2.05, 4.69) is 19.7 Å². The van der Waals surface area contributed by atoms with E-state index in [1.165, 1.54) is 38.5 Å². The number of carbonyl (C=O) groups excluding carboxylic acids is 1. The van der Waals surface area contributed by atoms with Gasteiger partial charge in [0, 0.05) is 18.5 Å². The van der Waals surface area contributed by atoms with E-state index in [9.17, 15) is 4.79 Å².